The lowest BCUT2D eigenvalue weighted by Gasteiger charge is -2.12. The molecule has 0 aliphatic rings. The number of nitrogen functional groups attached to an aromatic ring is 1. The van der Waals surface area contributed by atoms with Crippen molar-refractivity contribution in [2.24, 2.45) is 7.05 Å². The molecule has 4 heterocycles. The van der Waals surface area contributed by atoms with Crippen molar-refractivity contribution in [3.63, 3.8) is 0 Å². The van der Waals surface area contributed by atoms with Crippen molar-refractivity contribution in [3.05, 3.63) is 72.2 Å². The van der Waals surface area contributed by atoms with Gasteiger partial charge in [0.25, 0.3) is 0 Å². The molecule has 5 rings (SSSR count). The van der Waals surface area contributed by atoms with E-state index in [1.165, 1.54) is 6.07 Å². The highest BCUT2D eigenvalue weighted by Gasteiger charge is 2.16. The van der Waals surface area contributed by atoms with Crippen LogP contribution < -0.4 is 5.73 Å². The van der Waals surface area contributed by atoms with Crippen LogP contribution in [-0.2, 0) is 13.5 Å². The first-order valence-corrected chi connectivity index (χ1v) is 10.4. The van der Waals surface area contributed by atoms with Gasteiger partial charge in [-0.3, -0.25) is 4.68 Å². The number of aliphatic hydroxyl groups excluding tert-OH is 1. The summed E-state index contributed by atoms with van der Waals surface area (Å²) < 4.78 is 15.7. The van der Waals surface area contributed by atoms with Gasteiger partial charge in [-0.2, -0.15) is 5.10 Å². The number of anilines is 1. The van der Waals surface area contributed by atoms with E-state index < -0.39 is 11.9 Å². The summed E-state index contributed by atoms with van der Waals surface area (Å²) in [4.78, 5) is 21.0. The summed E-state index contributed by atoms with van der Waals surface area (Å²) in [6.45, 7) is 0. The topological polar surface area (TPSA) is 131 Å². The number of nitrogens with one attached hydrogen (secondary N) is 1. The van der Waals surface area contributed by atoms with Gasteiger partial charge in [-0.25, -0.2) is 24.3 Å². The Morgan fingerprint density at radius 3 is 2.79 bits per heavy atom. The van der Waals surface area contributed by atoms with Gasteiger partial charge in [-0.05, 0) is 25.0 Å². The van der Waals surface area contributed by atoms with Crippen molar-refractivity contribution in [3.8, 4) is 22.5 Å². The minimum Gasteiger partial charge on any atom is -0.388 e. The number of hydrogen-bond donors (Lipinski definition) is 3. The third-order valence-electron chi connectivity index (χ3n) is 5.39. The number of rotatable bonds is 6. The molecule has 1 aromatic carbocycles. The molecule has 0 aliphatic carbocycles. The smallest absolute Gasteiger partial charge is 0.220 e. The van der Waals surface area contributed by atoms with Gasteiger partial charge in [0.1, 0.15) is 11.3 Å². The summed E-state index contributed by atoms with van der Waals surface area (Å²) in [6, 6.07) is 7.99. The van der Waals surface area contributed by atoms with Crippen LogP contribution >= 0.6 is 0 Å². The van der Waals surface area contributed by atoms with E-state index in [9.17, 15) is 9.50 Å². The quantitative estimate of drug-likeness (QED) is 0.366. The summed E-state index contributed by atoms with van der Waals surface area (Å²) in [5.74, 6) is -0.330. The van der Waals surface area contributed by atoms with Gasteiger partial charge in [-0.15, -0.1) is 0 Å². The van der Waals surface area contributed by atoms with E-state index in [1.807, 2.05) is 13.2 Å². The van der Waals surface area contributed by atoms with Crippen molar-refractivity contribution in [2.75, 3.05) is 5.73 Å². The zero-order valence-corrected chi connectivity index (χ0v) is 17.8. The Hall–Kier alpha value is -4.18. The second-order valence-corrected chi connectivity index (χ2v) is 7.74. The van der Waals surface area contributed by atoms with Crippen molar-refractivity contribution < 1.29 is 9.50 Å². The van der Waals surface area contributed by atoms with Crippen LogP contribution in [0.25, 0.3) is 33.7 Å². The van der Waals surface area contributed by atoms with E-state index >= 15 is 0 Å². The van der Waals surface area contributed by atoms with Gasteiger partial charge in [0.05, 0.1) is 29.9 Å². The maximum absolute atomic E-state index is 14.0. The van der Waals surface area contributed by atoms with E-state index in [2.05, 4.69) is 25.0 Å². The Labute approximate surface area is 188 Å². The number of H-pyrrole nitrogens is 1. The second kappa shape index (κ2) is 8.40. The Kier molecular flexibility index (Phi) is 5.27. The van der Waals surface area contributed by atoms with Crippen molar-refractivity contribution >= 4 is 17.1 Å². The maximum Gasteiger partial charge on any atom is 0.220 e. The average Bonchev–Trinajstić information content (AvgIpc) is 3.43. The van der Waals surface area contributed by atoms with Gasteiger partial charge in [0, 0.05) is 41.8 Å². The van der Waals surface area contributed by atoms with E-state index in [0.29, 0.717) is 34.7 Å². The van der Waals surface area contributed by atoms with Crippen LogP contribution in [0.5, 0.6) is 0 Å². The molecule has 9 nitrogen and oxygen atoms in total. The molecule has 0 amide bonds. The number of halogens is 1. The molecule has 0 saturated carbocycles. The Bertz CT molecular complexity index is 1440. The SMILES string of the molecule is Cn1cc(-c2cnc3[nH]cc(-c4cc(CC[C@@H](O)c5ccccc5F)nc(N)n4)c3n2)cn1. The standard InChI is InChI=1S/C23H21FN8O/c1-32-12-13(9-28-32)19-11-27-22-21(30-19)16(10-26-22)18-8-14(29-23(25)31-18)6-7-20(33)15-4-2-3-5-17(15)24/h2-5,8-12,20,33H,6-7H2,1H3,(H,26,27)(H2,25,29,31)/t20-/m1/s1. The normalized spacial score (nSPS) is 12.3. The molecule has 166 valence electrons. The molecule has 33 heavy (non-hydrogen) atoms. The number of hydrogen-bond acceptors (Lipinski definition) is 7. The fourth-order valence-electron chi connectivity index (χ4n) is 3.75. The number of nitrogens with zero attached hydrogens (tertiary/aromatic N) is 6. The third-order valence-corrected chi connectivity index (χ3v) is 5.39. The molecular weight excluding hydrogens is 423 g/mol. The van der Waals surface area contributed by atoms with Crippen LogP contribution in [0.15, 0.2) is 55.1 Å². The van der Waals surface area contributed by atoms with Crippen LogP contribution in [0.2, 0.25) is 0 Å². The summed E-state index contributed by atoms with van der Waals surface area (Å²) in [7, 11) is 1.84. The third kappa shape index (κ3) is 4.15. The van der Waals surface area contributed by atoms with Crippen LogP contribution in [0.1, 0.15) is 23.8 Å². The van der Waals surface area contributed by atoms with Gasteiger partial charge >= 0.3 is 0 Å². The molecule has 0 spiro atoms. The number of benzene rings is 1. The molecule has 0 fully saturated rings. The lowest BCUT2D eigenvalue weighted by Crippen LogP contribution is -2.05. The van der Waals surface area contributed by atoms with Gasteiger partial charge in [0.2, 0.25) is 5.95 Å². The molecule has 10 heteroatoms. The summed E-state index contributed by atoms with van der Waals surface area (Å²) in [5.41, 5.74) is 11.0. The maximum atomic E-state index is 14.0. The van der Waals surface area contributed by atoms with Gasteiger partial charge in [0.15, 0.2) is 5.65 Å². The molecular formula is C23H21FN8O. The minimum atomic E-state index is -0.952. The number of fused-ring (bicyclic) bond motifs is 1. The molecule has 0 saturated heterocycles. The number of nitrogens with two attached hydrogens (primary N) is 1. The van der Waals surface area contributed by atoms with Crippen LogP contribution in [0, 0.1) is 5.82 Å². The van der Waals surface area contributed by atoms with E-state index in [4.69, 9.17) is 10.7 Å². The average molecular weight is 444 g/mol. The molecule has 0 unspecified atom stereocenters. The molecule has 0 bridgehead atoms. The monoisotopic (exact) mass is 444 g/mol. The number of aromatic nitrogens is 7. The highest BCUT2D eigenvalue weighted by Crippen LogP contribution is 2.29. The van der Waals surface area contributed by atoms with Crippen LogP contribution in [0.4, 0.5) is 10.3 Å². The van der Waals surface area contributed by atoms with Gasteiger partial charge in [-0.1, -0.05) is 18.2 Å². The Morgan fingerprint density at radius 1 is 1.15 bits per heavy atom. The molecule has 0 radical (unpaired) electrons. The fourth-order valence-corrected chi connectivity index (χ4v) is 3.75. The number of aromatic amines is 1. The molecule has 5 aromatic rings. The van der Waals surface area contributed by atoms with Crippen LogP contribution in [0.3, 0.4) is 0 Å². The highest BCUT2D eigenvalue weighted by atomic mass is 19.1. The first-order valence-electron chi connectivity index (χ1n) is 10.4. The molecule has 4 aromatic heterocycles. The number of aryl methyl sites for hydroxylation is 2. The molecule has 1 atom stereocenters. The van der Waals surface area contributed by atoms with Crippen molar-refractivity contribution in [2.45, 2.75) is 18.9 Å². The van der Waals surface area contributed by atoms with E-state index in [-0.39, 0.29) is 17.9 Å². The van der Waals surface area contributed by atoms with Gasteiger partial charge < -0.3 is 15.8 Å². The van der Waals surface area contributed by atoms with Crippen molar-refractivity contribution in [1.29, 1.82) is 0 Å². The second-order valence-electron chi connectivity index (χ2n) is 7.74. The van der Waals surface area contributed by atoms with Crippen LogP contribution in [-0.4, -0.2) is 39.8 Å². The first kappa shape index (κ1) is 20.7. The fraction of sp³-hybridized carbons (Fsp3) is 0.174. The highest BCUT2D eigenvalue weighted by molar-refractivity contribution is 5.90. The summed E-state index contributed by atoms with van der Waals surface area (Å²) in [5, 5.41) is 14.6. The zero-order chi connectivity index (χ0) is 22.9. The minimum absolute atomic E-state index is 0.105. The summed E-state index contributed by atoms with van der Waals surface area (Å²) in [6.07, 6.45) is 6.78. The lowest BCUT2D eigenvalue weighted by molar-refractivity contribution is 0.163. The molecule has 0 aliphatic heterocycles. The Morgan fingerprint density at radius 2 is 2.00 bits per heavy atom. The molecule has 4 N–H and O–H groups in total. The summed E-state index contributed by atoms with van der Waals surface area (Å²) >= 11 is 0. The van der Waals surface area contributed by atoms with E-state index in [0.717, 1.165) is 11.1 Å². The lowest BCUT2D eigenvalue weighted by atomic mass is 10.0. The van der Waals surface area contributed by atoms with Crippen molar-refractivity contribution in [1.82, 2.24) is 34.7 Å². The largest absolute Gasteiger partial charge is 0.388 e. The zero-order valence-electron chi connectivity index (χ0n) is 17.8. The number of aliphatic hydroxyl groups is 1. The predicted molar refractivity (Wildman–Crippen MR) is 121 cm³/mol. The predicted octanol–water partition coefficient (Wildman–Crippen LogP) is 3.20. The first-order chi connectivity index (χ1) is 16.0. The Balaban J connectivity index is 1.44. The van der Waals surface area contributed by atoms with E-state index in [1.54, 1.807) is 47.5 Å².